The van der Waals surface area contributed by atoms with Gasteiger partial charge in [-0.05, 0) is 18.4 Å². The van der Waals surface area contributed by atoms with E-state index in [9.17, 15) is 4.79 Å². The zero-order valence-electron chi connectivity index (χ0n) is 14.9. The fourth-order valence-electron chi connectivity index (χ4n) is 3.13. The van der Waals surface area contributed by atoms with Crippen LogP contribution in [0.25, 0.3) is 0 Å². The predicted octanol–water partition coefficient (Wildman–Crippen LogP) is 2.80. The van der Waals surface area contributed by atoms with Crippen LogP contribution >= 0.6 is 24.8 Å². The van der Waals surface area contributed by atoms with Crippen LogP contribution < -0.4 is 11.1 Å². The highest BCUT2D eigenvalue weighted by molar-refractivity contribution is 5.85. The second kappa shape index (κ2) is 10.5. The van der Waals surface area contributed by atoms with Gasteiger partial charge in [-0.25, -0.2) is 0 Å². The van der Waals surface area contributed by atoms with Crippen molar-refractivity contribution in [3.63, 3.8) is 0 Å². The smallest absolute Gasteiger partial charge is 0.225 e. The second-order valence-electron chi connectivity index (χ2n) is 6.44. The van der Waals surface area contributed by atoms with Crippen molar-refractivity contribution in [1.29, 1.82) is 0 Å². The van der Waals surface area contributed by atoms with Gasteiger partial charge in [0.1, 0.15) is 5.82 Å². The maximum Gasteiger partial charge on any atom is 0.225 e. The Morgan fingerprint density at radius 2 is 1.92 bits per heavy atom. The number of rotatable bonds is 5. The second-order valence-corrected chi connectivity index (χ2v) is 6.44. The molecule has 0 fully saturated rings. The third-order valence-corrected chi connectivity index (χ3v) is 4.74. The van der Waals surface area contributed by atoms with Gasteiger partial charge < -0.3 is 15.6 Å². The molecule has 0 aliphatic carbocycles. The molecule has 1 amide bonds. The first-order valence-corrected chi connectivity index (χ1v) is 8.66. The van der Waals surface area contributed by atoms with E-state index in [2.05, 4.69) is 20.1 Å². The molecule has 1 aromatic carbocycles. The molecule has 144 valence electrons. The van der Waals surface area contributed by atoms with Gasteiger partial charge in [0.15, 0.2) is 5.82 Å². The van der Waals surface area contributed by atoms with Crippen molar-refractivity contribution in [3.05, 3.63) is 47.5 Å². The minimum Gasteiger partial charge on any atom is -0.349 e. The number of amides is 1. The fourth-order valence-corrected chi connectivity index (χ4v) is 3.13. The van der Waals surface area contributed by atoms with E-state index < -0.39 is 0 Å². The molecule has 26 heavy (non-hydrogen) atoms. The summed E-state index contributed by atoms with van der Waals surface area (Å²) < 4.78 is 2.15. The molecule has 0 saturated heterocycles. The summed E-state index contributed by atoms with van der Waals surface area (Å²) in [4.78, 5) is 12.4. The third-order valence-electron chi connectivity index (χ3n) is 4.74. The monoisotopic (exact) mass is 399 g/mol. The molecule has 0 bridgehead atoms. The average Bonchev–Trinajstić information content (AvgIpc) is 2.85. The van der Waals surface area contributed by atoms with Gasteiger partial charge in [0.05, 0.1) is 12.5 Å². The van der Waals surface area contributed by atoms with Crippen molar-refractivity contribution in [3.8, 4) is 0 Å². The molecule has 2 atom stereocenters. The first-order valence-electron chi connectivity index (χ1n) is 8.66. The summed E-state index contributed by atoms with van der Waals surface area (Å²) in [5.41, 5.74) is 7.19. The summed E-state index contributed by atoms with van der Waals surface area (Å²) in [5.74, 6) is 1.50. The molecular weight excluding hydrogens is 373 g/mol. The van der Waals surface area contributed by atoms with Crippen molar-refractivity contribution < 1.29 is 4.79 Å². The van der Waals surface area contributed by atoms with Crippen LogP contribution in [-0.4, -0.2) is 20.7 Å². The van der Waals surface area contributed by atoms with Crippen LogP contribution in [0.15, 0.2) is 30.3 Å². The van der Waals surface area contributed by atoms with Gasteiger partial charge in [-0.2, -0.15) is 0 Å². The van der Waals surface area contributed by atoms with Crippen LogP contribution in [-0.2, 0) is 24.3 Å². The zero-order chi connectivity index (χ0) is 16.9. The third kappa shape index (κ3) is 5.19. The Hall–Kier alpha value is -1.63. The number of halogens is 2. The van der Waals surface area contributed by atoms with Crippen LogP contribution in [0.5, 0.6) is 0 Å². The Kier molecular flexibility index (Phi) is 9.05. The summed E-state index contributed by atoms with van der Waals surface area (Å²) in [5, 5.41) is 11.5. The van der Waals surface area contributed by atoms with Crippen LogP contribution in [0.3, 0.4) is 0 Å². The molecule has 2 heterocycles. The largest absolute Gasteiger partial charge is 0.349 e. The minimum absolute atomic E-state index is 0. The van der Waals surface area contributed by atoms with E-state index in [4.69, 9.17) is 5.73 Å². The number of aromatic nitrogens is 3. The van der Waals surface area contributed by atoms with E-state index in [1.807, 2.05) is 37.3 Å². The van der Waals surface area contributed by atoms with Crippen molar-refractivity contribution >= 4 is 30.7 Å². The summed E-state index contributed by atoms with van der Waals surface area (Å²) in [7, 11) is 0. The molecule has 2 aromatic rings. The van der Waals surface area contributed by atoms with E-state index in [0.717, 1.165) is 43.0 Å². The standard InChI is InChI=1S/C18H25N5O.2ClH/c1-13(17(19)14-8-4-2-5-9-14)18(24)20-12-16-22-21-15-10-6-3-7-11-23(15)16;;/h2,4-5,8-9,13,17H,3,6-7,10-12,19H2,1H3,(H,20,24);2*1H. The van der Waals surface area contributed by atoms with Crippen LogP contribution in [0.2, 0.25) is 0 Å². The number of hydrogen-bond donors (Lipinski definition) is 2. The SMILES string of the molecule is CC(C(=O)NCc1nnc2n1CCCCC2)C(N)c1ccccc1.Cl.Cl. The van der Waals surface area contributed by atoms with Crippen molar-refractivity contribution in [1.82, 2.24) is 20.1 Å². The molecular formula is C18H27Cl2N5O. The number of aryl methyl sites for hydroxylation is 1. The molecule has 1 aromatic heterocycles. The maximum absolute atomic E-state index is 12.4. The Balaban J connectivity index is 0.00000169. The van der Waals surface area contributed by atoms with E-state index in [-0.39, 0.29) is 42.7 Å². The van der Waals surface area contributed by atoms with E-state index in [0.29, 0.717) is 6.54 Å². The highest BCUT2D eigenvalue weighted by atomic mass is 35.5. The van der Waals surface area contributed by atoms with Crippen molar-refractivity contribution in [2.75, 3.05) is 0 Å². The summed E-state index contributed by atoms with van der Waals surface area (Å²) in [6.45, 7) is 3.20. The number of carbonyl (C=O) groups is 1. The topological polar surface area (TPSA) is 85.8 Å². The van der Waals surface area contributed by atoms with Gasteiger partial charge in [-0.15, -0.1) is 35.0 Å². The van der Waals surface area contributed by atoms with Crippen LogP contribution in [0.1, 0.15) is 49.4 Å². The molecule has 0 saturated carbocycles. The normalized spacial score (nSPS) is 15.5. The summed E-state index contributed by atoms with van der Waals surface area (Å²) >= 11 is 0. The predicted molar refractivity (Wildman–Crippen MR) is 106 cm³/mol. The Bertz CT molecular complexity index is 692. The van der Waals surface area contributed by atoms with Gasteiger partial charge in [0.2, 0.25) is 5.91 Å². The molecule has 8 heteroatoms. The molecule has 1 aliphatic heterocycles. The first-order chi connectivity index (χ1) is 11.7. The number of nitrogens with two attached hydrogens (primary N) is 1. The molecule has 0 radical (unpaired) electrons. The highest BCUT2D eigenvalue weighted by Crippen LogP contribution is 2.19. The number of nitrogens with zero attached hydrogens (tertiary/aromatic N) is 3. The van der Waals surface area contributed by atoms with E-state index >= 15 is 0 Å². The fraction of sp³-hybridized carbons (Fsp3) is 0.500. The molecule has 3 N–H and O–H groups in total. The average molecular weight is 400 g/mol. The highest BCUT2D eigenvalue weighted by Gasteiger charge is 2.23. The molecule has 2 unspecified atom stereocenters. The summed E-state index contributed by atoms with van der Waals surface area (Å²) in [6.07, 6.45) is 4.49. The number of fused-ring (bicyclic) bond motifs is 1. The lowest BCUT2D eigenvalue weighted by molar-refractivity contribution is -0.125. The van der Waals surface area contributed by atoms with Crippen molar-refractivity contribution in [2.45, 2.75) is 51.7 Å². The van der Waals surface area contributed by atoms with Gasteiger partial charge in [0.25, 0.3) is 0 Å². The number of carbonyl (C=O) groups excluding carboxylic acids is 1. The van der Waals surface area contributed by atoms with Crippen LogP contribution in [0.4, 0.5) is 0 Å². The lowest BCUT2D eigenvalue weighted by atomic mass is 9.95. The summed E-state index contributed by atoms with van der Waals surface area (Å²) in [6, 6.07) is 9.40. The van der Waals surface area contributed by atoms with E-state index in [1.165, 1.54) is 6.42 Å². The number of benzene rings is 1. The zero-order valence-corrected chi connectivity index (χ0v) is 16.6. The lowest BCUT2D eigenvalue weighted by Crippen LogP contribution is -2.35. The van der Waals surface area contributed by atoms with Crippen molar-refractivity contribution in [2.24, 2.45) is 11.7 Å². The Morgan fingerprint density at radius 1 is 1.19 bits per heavy atom. The van der Waals surface area contributed by atoms with Gasteiger partial charge >= 0.3 is 0 Å². The molecule has 3 rings (SSSR count). The Morgan fingerprint density at radius 3 is 2.65 bits per heavy atom. The molecule has 0 spiro atoms. The first kappa shape index (κ1) is 22.4. The quantitative estimate of drug-likeness (QED) is 0.808. The minimum atomic E-state index is -0.318. The number of nitrogens with one attached hydrogen (secondary N) is 1. The van der Waals surface area contributed by atoms with Gasteiger partial charge in [-0.3, -0.25) is 4.79 Å². The number of hydrogen-bond acceptors (Lipinski definition) is 4. The van der Waals surface area contributed by atoms with Gasteiger partial charge in [0, 0.05) is 19.0 Å². The Labute approximate surface area is 166 Å². The lowest BCUT2D eigenvalue weighted by Gasteiger charge is -2.19. The van der Waals surface area contributed by atoms with E-state index in [1.54, 1.807) is 0 Å². The van der Waals surface area contributed by atoms with Crippen LogP contribution in [0, 0.1) is 5.92 Å². The van der Waals surface area contributed by atoms with Gasteiger partial charge in [-0.1, -0.05) is 43.7 Å². The molecule has 1 aliphatic rings. The maximum atomic E-state index is 12.4. The molecule has 6 nitrogen and oxygen atoms in total.